The molecule has 0 aliphatic heterocycles. The SMILES string of the molecule is CC(C)Cn1cnc2c(=O)oc3ccc(O)cc3c21. The maximum absolute atomic E-state index is 11.9. The summed E-state index contributed by atoms with van der Waals surface area (Å²) >= 11 is 0. The molecule has 0 spiro atoms. The molecule has 0 saturated carbocycles. The molecule has 3 aromatic rings. The Hall–Kier alpha value is -2.30. The molecular formula is C14H14N2O3. The molecule has 2 aromatic heterocycles. The number of phenols is 1. The highest BCUT2D eigenvalue weighted by molar-refractivity contribution is 6.01. The van der Waals surface area contributed by atoms with Crippen LogP contribution in [0.2, 0.25) is 0 Å². The van der Waals surface area contributed by atoms with E-state index in [9.17, 15) is 9.90 Å². The quantitative estimate of drug-likeness (QED) is 0.717. The summed E-state index contributed by atoms with van der Waals surface area (Å²) in [5.41, 5.74) is 1.03. The predicted octanol–water partition coefficient (Wildman–Crippen LogP) is 2.50. The second-order valence-corrected chi connectivity index (χ2v) is 5.06. The van der Waals surface area contributed by atoms with Gasteiger partial charge < -0.3 is 14.1 Å². The Morgan fingerprint density at radius 3 is 2.95 bits per heavy atom. The summed E-state index contributed by atoms with van der Waals surface area (Å²) in [7, 11) is 0. The lowest BCUT2D eigenvalue weighted by atomic mass is 10.2. The monoisotopic (exact) mass is 258 g/mol. The van der Waals surface area contributed by atoms with Crippen LogP contribution in [0.1, 0.15) is 13.8 Å². The van der Waals surface area contributed by atoms with Crippen molar-refractivity contribution >= 4 is 22.0 Å². The van der Waals surface area contributed by atoms with Gasteiger partial charge in [0.1, 0.15) is 11.3 Å². The van der Waals surface area contributed by atoms with Crippen LogP contribution >= 0.6 is 0 Å². The largest absolute Gasteiger partial charge is 0.508 e. The summed E-state index contributed by atoms with van der Waals surface area (Å²) in [5, 5.41) is 10.3. The van der Waals surface area contributed by atoms with Crippen LogP contribution in [0.4, 0.5) is 0 Å². The number of phenolic OH excluding ortho intramolecular Hbond substituents is 1. The maximum Gasteiger partial charge on any atom is 0.364 e. The van der Waals surface area contributed by atoms with Crippen molar-refractivity contribution in [2.24, 2.45) is 5.92 Å². The number of hydrogen-bond acceptors (Lipinski definition) is 4. The zero-order valence-electron chi connectivity index (χ0n) is 10.8. The molecule has 0 fully saturated rings. The standard InChI is InChI=1S/C14H14N2O3/c1-8(2)6-16-7-15-12-13(16)10-5-9(17)3-4-11(10)19-14(12)18/h3-5,7-8,17H,6H2,1-2H3. The lowest BCUT2D eigenvalue weighted by molar-refractivity contribution is 0.475. The number of rotatable bonds is 2. The first-order valence-corrected chi connectivity index (χ1v) is 6.17. The number of nitrogens with zero attached hydrogens (tertiary/aromatic N) is 2. The predicted molar refractivity (Wildman–Crippen MR) is 72.3 cm³/mol. The second kappa shape index (κ2) is 4.12. The highest BCUT2D eigenvalue weighted by Crippen LogP contribution is 2.26. The van der Waals surface area contributed by atoms with Gasteiger partial charge in [-0.1, -0.05) is 13.8 Å². The van der Waals surface area contributed by atoms with Gasteiger partial charge in [-0.3, -0.25) is 0 Å². The molecule has 19 heavy (non-hydrogen) atoms. The summed E-state index contributed by atoms with van der Waals surface area (Å²) in [4.78, 5) is 16.0. The molecule has 98 valence electrons. The van der Waals surface area contributed by atoms with Crippen molar-refractivity contribution in [1.82, 2.24) is 9.55 Å². The fraction of sp³-hybridized carbons (Fsp3) is 0.286. The normalized spacial score (nSPS) is 11.7. The van der Waals surface area contributed by atoms with Crippen LogP contribution in [0.15, 0.2) is 33.7 Å². The van der Waals surface area contributed by atoms with E-state index in [-0.39, 0.29) is 5.75 Å². The van der Waals surface area contributed by atoms with Crippen LogP contribution in [-0.4, -0.2) is 14.7 Å². The van der Waals surface area contributed by atoms with Gasteiger partial charge in [-0.05, 0) is 24.1 Å². The maximum atomic E-state index is 11.9. The molecule has 1 aromatic carbocycles. The summed E-state index contributed by atoms with van der Waals surface area (Å²) in [5.74, 6) is 0.567. The molecule has 0 atom stereocenters. The van der Waals surface area contributed by atoms with Gasteiger partial charge >= 0.3 is 5.63 Å². The van der Waals surface area contributed by atoms with E-state index in [1.165, 1.54) is 6.07 Å². The third-order valence-corrected chi connectivity index (χ3v) is 3.01. The average molecular weight is 258 g/mol. The van der Waals surface area contributed by atoms with Gasteiger partial charge in [-0.15, -0.1) is 0 Å². The molecule has 5 heteroatoms. The Bertz CT molecular complexity index is 815. The molecule has 0 bridgehead atoms. The molecule has 3 rings (SSSR count). The Labute approximate surface area is 109 Å². The van der Waals surface area contributed by atoms with E-state index >= 15 is 0 Å². The van der Waals surface area contributed by atoms with Crippen molar-refractivity contribution in [2.75, 3.05) is 0 Å². The Morgan fingerprint density at radius 2 is 2.21 bits per heavy atom. The molecule has 0 saturated heterocycles. The number of aromatic nitrogens is 2. The topological polar surface area (TPSA) is 68.3 Å². The van der Waals surface area contributed by atoms with Crippen molar-refractivity contribution in [1.29, 1.82) is 0 Å². The van der Waals surface area contributed by atoms with Gasteiger partial charge in [-0.25, -0.2) is 9.78 Å². The molecule has 5 nitrogen and oxygen atoms in total. The molecule has 0 unspecified atom stereocenters. The fourth-order valence-corrected chi connectivity index (χ4v) is 2.29. The third-order valence-electron chi connectivity index (χ3n) is 3.01. The first-order valence-electron chi connectivity index (χ1n) is 6.17. The first-order chi connectivity index (χ1) is 9.06. The smallest absolute Gasteiger partial charge is 0.364 e. The molecule has 0 amide bonds. The van der Waals surface area contributed by atoms with Crippen molar-refractivity contribution in [3.8, 4) is 5.75 Å². The third kappa shape index (κ3) is 1.87. The summed E-state index contributed by atoms with van der Waals surface area (Å²) < 4.78 is 7.13. The Balaban J connectivity index is 2.45. The molecular weight excluding hydrogens is 244 g/mol. The second-order valence-electron chi connectivity index (χ2n) is 5.06. The van der Waals surface area contributed by atoms with Crippen molar-refractivity contribution in [3.63, 3.8) is 0 Å². The van der Waals surface area contributed by atoms with Gasteiger partial charge in [0.15, 0.2) is 5.52 Å². The first kappa shape index (κ1) is 11.8. The van der Waals surface area contributed by atoms with E-state index in [0.29, 0.717) is 22.4 Å². The molecule has 1 N–H and O–H groups in total. The molecule has 0 radical (unpaired) electrons. The van der Waals surface area contributed by atoms with Crippen molar-refractivity contribution in [2.45, 2.75) is 20.4 Å². The van der Waals surface area contributed by atoms with Crippen LogP contribution in [-0.2, 0) is 6.54 Å². The Morgan fingerprint density at radius 1 is 1.42 bits per heavy atom. The van der Waals surface area contributed by atoms with E-state index in [0.717, 1.165) is 12.1 Å². The number of imidazole rings is 1. The van der Waals surface area contributed by atoms with Gasteiger partial charge in [0.25, 0.3) is 0 Å². The number of fused-ring (bicyclic) bond motifs is 3. The zero-order valence-corrected chi connectivity index (χ0v) is 10.8. The van der Waals surface area contributed by atoms with Crippen LogP contribution in [0, 0.1) is 5.92 Å². The highest BCUT2D eigenvalue weighted by Gasteiger charge is 2.14. The Kier molecular flexibility index (Phi) is 2.55. The highest BCUT2D eigenvalue weighted by atomic mass is 16.4. The lowest BCUT2D eigenvalue weighted by Crippen LogP contribution is -2.05. The van der Waals surface area contributed by atoms with E-state index in [1.807, 2.05) is 4.57 Å². The van der Waals surface area contributed by atoms with Crippen LogP contribution < -0.4 is 5.63 Å². The summed E-state index contributed by atoms with van der Waals surface area (Å²) in [6.45, 7) is 4.94. The minimum absolute atomic E-state index is 0.139. The molecule has 2 heterocycles. The van der Waals surface area contributed by atoms with Gasteiger partial charge in [0.05, 0.1) is 11.8 Å². The fourth-order valence-electron chi connectivity index (χ4n) is 2.29. The van der Waals surface area contributed by atoms with Crippen molar-refractivity contribution in [3.05, 3.63) is 34.9 Å². The molecule has 0 aliphatic carbocycles. The van der Waals surface area contributed by atoms with Crippen molar-refractivity contribution < 1.29 is 9.52 Å². The van der Waals surface area contributed by atoms with Gasteiger partial charge in [0, 0.05) is 11.9 Å². The minimum atomic E-state index is -0.448. The van der Waals surface area contributed by atoms with Crippen LogP contribution in [0.3, 0.4) is 0 Å². The van der Waals surface area contributed by atoms with Gasteiger partial charge in [0.2, 0.25) is 0 Å². The van der Waals surface area contributed by atoms with E-state index < -0.39 is 5.63 Å². The zero-order chi connectivity index (χ0) is 13.6. The lowest BCUT2D eigenvalue weighted by Gasteiger charge is -2.08. The molecule has 0 aliphatic rings. The van der Waals surface area contributed by atoms with E-state index in [4.69, 9.17) is 4.42 Å². The summed E-state index contributed by atoms with van der Waals surface area (Å²) in [6.07, 6.45) is 1.64. The van der Waals surface area contributed by atoms with Crippen LogP contribution in [0.5, 0.6) is 5.75 Å². The van der Waals surface area contributed by atoms with Gasteiger partial charge in [-0.2, -0.15) is 0 Å². The van der Waals surface area contributed by atoms with E-state index in [1.54, 1.807) is 18.5 Å². The average Bonchev–Trinajstić information content (AvgIpc) is 2.74. The number of aromatic hydroxyl groups is 1. The van der Waals surface area contributed by atoms with E-state index in [2.05, 4.69) is 18.8 Å². The number of hydrogen-bond donors (Lipinski definition) is 1. The minimum Gasteiger partial charge on any atom is -0.508 e. The number of benzene rings is 1. The summed E-state index contributed by atoms with van der Waals surface area (Å²) in [6, 6.07) is 4.69. The van der Waals surface area contributed by atoms with Crippen LogP contribution in [0.25, 0.3) is 22.0 Å².